The largest absolute Gasteiger partial charge is 0.377 e. The molecule has 19 heavy (non-hydrogen) atoms. The molecule has 1 saturated heterocycles. The van der Waals surface area contributed by atoms with Gasteiger partial charge < -0.3 is 15.0 Å². The highest BCUT2D eigenvalue weighted by molar-refractivity contribution is 5.89. The van der Waals surface area contributed by atoms with Crippen LogP contribution >= 0.6 is 0 Å². The van der Waals surface area contributed by atoms with E-state index in [9.17, 15) is 4.79 Å². The maximum absolute atomic E-state index is 12.1. The Morgan fingerprint density at radius 1 is 1.47 bits per heavy atom. The Labute approximate surface area is 112 Å². The van der Waals surface area contributed by atoms with Gasteiger partial charge in [-0.2, -0.15) is 5.26 Å². The Kier molecular flexibility index (Phi) is 4.37. The zero-order valence-corrected chi connectivity index (χ0v) is 10.9. The van der Waals surface area contributed by atoms with Crippen LogP contribution in [0.2, 0.25) is 0 Å². The summed E-state index contributed by atoms with van der Waals surface area (Å²) in [6, 6.07) is 8.75. The maximum atomic E-state index is 12.1. The molecule has 0 unspecified atom stereocenters. The van der Waals surface area contributed by atoms with E-state index in [1.54, 1.807) is 29.2 Å². The number of urea groups is 1. The predicted molar refractivity (Wildman–Crippen MR) is 71.8 cm³/mol. The summed E-state index contributed by atoms with van der Waals surface area (Å²) in [5, 5.41) is 11.5. The second kappa shape index (κ2) is 6.21. The minimum atomic E-state index is -0.123. The average molecular weight is 259 g/mol. The van der Waals surface area contributed by atoms with Crippen molar-refractivity contribution in [2.24, 2.45) is 0 Å². The number of nitriles is 1. The smallest absolute Gasteiger partial charge is 0.321 e. The number of nitrogens with zero attached hydrogens (tertiary/aromatic N) is 2. The topological polar surface area (TPSA) is 65.4 Å². The number of hydrogen-bond donors (Lipinski definition) is 1. The molecule has 0 saturated carbocycles. The molecule has 5 heteroatoms. The summed E-state index contributed by atoms with van der Waals surface area (Å²) in [5.74, 6) is 0. The van der Waals surface area contributed by atoms with E-state index in [-0.39, 0.29) is 12.1 Å². The van der Waals surface area contributed by atoms with Gasteiger partial charge >= 0.3 is 6.03 Å². The first-order chi connectivity index (χ1) is 9.19. The fourth-order valence-corrected chi connectivity index (χ4v) is 2.01. The third-order valence-corrected chi connectivity index (χ3v) is 3.00. The lowest BCUT2D eigenvalue weighted by molar-refractivity contribution is 0.0718. The number of rotatable bonds is 1. The van der Waals surface area contributed by atoms with Crippen LogP contribution in [0.15, 0.2) is 24.3 Å². The lowest BCUT2D eigenvalue weighted by atomic mass is 10.2. The van der Waals surface area contributed by atoms with Crippen molar-refractivity contribution in [1.82, 2.24) is 4.90 Å². The summed E-state index contributed by atoms with van der Waals surface area (Å²) >= 11 is 0. The van der Waals surface area contributed by atoms with Gasteiger partial charge in [0.2, 0.25) is 0 Å². The number of carbonyl (C=O) groups is 1. The van der Waals surface area contributed by atoms with Crippen molar-refractivity contribution in [2.45, 2.75) is 19.4 Å². The van der Waals surface area contributed by atoms with Crippen molar-refractivity contribution in [3.8, 4) is 6.07 Å². The van der Waals surface area contributed by atoms with E-state index >= 15 is 0 Å². The van der Waals surface area contributed by atoms with Crippen LogP contribution in [0.4, 0.5) is 10.5 Å². The summed E-state index contributed by atoms with van der Waals surface area (Å²) in [4.78, 5) is 13.9. The molecule has 1 fully saturated rings. The van der Waals surface area contributed by atoms with Crippen LogP contribution in [-0.4, -0.2) is 36.7 Å². The van der Waals surface area contributed by atoms with Gasteiger partial charge in [0.25, 0.3) is 0 Å². The Hall–Kier alpha value is -2.06. The van der Waals surface area contributed by atoms with E-state index in [0.717, 1.165) is 6.42 Å². The van der Waals surface area contributed by atoms with Crippen LogP contribution in [0.1, 0.15) is 18.9 Å². The quantitative estimate of drug-likeness (QED) is 0.840. The molecule has 0 aliphatic carbocycles. The third kappa shape index (κ3) is 3.70. The first kappa shape index (κ1) is 13.4. The van der Waals surface area contributed by atoms with Gasteiger partial charge in [-0.25, -0.2) is 4.79 Å². The highest BCUT2D eigenvalue weighted by Gasteiger charge is 2.19. The Morgan fingerprint density at radius 2 is 2.21 bits per heavy atom. The van der Waals surface area contributed by atoms with Crippen molar-refractivity contribution < 1.29 is 9.53 Å². The summed E-state index contributed by atoms with van der Waals surface area (Å²) in [7, 11) is 0. The number of anilines is 1. The Balaban J connectivity index is 1.97. The zero-order chi connectivity index (χ0) is 13.7. The van der Waals surface area contributed by atoms with E-state index in [1.807, 2.05) is 13.0 Å². The number of carbonyl (C=O) groups excluding carboxylic acids is 1. The average Bonchev–Trinajstić information content (AvgIpc) is 2.64. The number of amides is 2. The molecule has 2 amide bonds. The standard InChI is InChI=1S/C14H17N3O2/c1-11-10-17(7-2-8-19-11)14(18)16-13-5-3-12(9-15)4-6-13/h3-6,11H,2,7-8,10H2,1H3,(H,16,18)/t11-/m1/s1. The molecule has 1 aromatic carbocycles. The van der Waals surface area contributed by atoms with Gasteiger partial charge in [-0.3, -0.25) is 0 Å². The fraction of sp³-hybridized carbons (Fsp3) is 0.429. The van der Waals surface area contributed by atoms with Crippen LogP contribution in [0.5, 0.6) is 0 Å². The van der Waals surface area contributed by atoms with Gasteiger partial charge in [0.05, 0.1) is 17.7 Å². The normalized spacial score (nSPS) is 19.4. The fourth-order valence-electron chi connectivity index (χ4n) is 2.01. The predicted octanol–water partition coefficient (Wildman–Crippen LogP) is 2.20. The van der Waals surface area contributed by atoms with Gasteiger partial charge in [0.15, 0.2) is 0 Å². The van der Waals surface area contributed by atoms with Crippen molar-refractivity contribution in [3.63, 3.8) is 0 Å². The molecule has 0 bridgehead atoms. The van der Waals surface area contributed by atoms with E-state index < -0.39 is 0 Å². The first-order valence-corrected chi connectivity index (χ1v) is 6.37. The zero-order valence-electron chi connectivity index (χ0n) is 10.9. The number of nitrogens with one attached hydrogen (secondary N) is 1. The number of hydrogen-bond acceptors (Lipinski definition) is 3. The van der Waals surface area contributed by atoms with Crippen molar-refractivity contribution >= 4 is 11.7 Å². The monoisotopic (exact) mass is 259 g/mol. The van der Waals surface area contributed by atoms with Crippen molar-refractivity contribution in [1.29, 1.82) is 5.26 Å². The van der Waals surface area contributed by atoms with Gasteiger partial charge in [-0.15, -0.1) is 0 Å². The molecule has 1 aromatic rings. The lowest BCUT2D eigenvalue weighted by Crippen LogP contribution is -2.38. The molecular weight excluding hydrogens is 242 g/mol. The molecule has 1 aliphatic heterocycles. The molecule has 2 rings (SSSR count). The second-order valence-electron chi connectivity index (χ2n) is 4.60. The number of ether oxygens (including phenoxy) is 1. The second-order valence-corrected chi connectivity index (χ2v) is 4.60. The van der Waals surface area contributed by atoms with E-state index in [4.69, 9.17) is 10.00 Å². The van der Waals surface area contributed by atoms with E-state index in [2.05, 4.69) is 5.32 Å². The Bertz CT molecular complexity index is 478. The van der Waals surface area contributed by atoms with Gasteiger partial charge in [-0.05, 0) is 37.6 Å². The molecule has 100 valence electrons. The van der Waals surface area contributed by atoms with Crippen LogP contribution in [0, 0.1) is 11.3 Å². The molecule has 1 heterocycles. The SMILES string of the molecule is C[C@@H]1CN(C(=O)Nc2ccc(C#N)cc2)CCCO1. The van der Waals surface area contributed by atoms with Crippen LogP contribution in [0.25, 0.3) is 0 Å². The highest BCUT2D eigenvalue weighted by Crippen LogP contribution is 2.12. The minimum Gasteiger partial charge on any atom is -0.377 e. The molecule has 0 radical (unpaired) electrons. The molecule has 5 nitrogen and oxygen atoms in total. The molecule has 1 N–H and O–H groups in total. The van der Waals surface area contributed by atoms with E-state index in [1.165, 1.54) is 0 Å². The van der Waals surface area contributed by atoms with Gasteiger partial charge in [-0.1, -0.05) is 0 Å². The van der Waals surface area contributed by atoms with E-state index in [0.29, 0.717) is 30.9 Å². The van der Waals surface area contributed by atoms with Crippen molar-refractivity contribution in [3.05, 3.63) is 29.8 Å². The molecular formula is C14H17N3O2. The Morgan fingerprint density at radius 3 is 2.89 bits per heavy atom. The van der Waals surface area contributed by atoms with Crippen LogP contribution < -0.4 is 5.32 Å². The van der Waals surface area contributed by atoms with Crippen molar-refractivity contribution in [2.75, 3.05) is 25.0 Å². The van der Waals surface area contributed by atoms with Gasteiger partial charge in [0, 0.05) is 25.4 Å². The maximum Gasteiger partial charge on any atom is 0.321 e. The summed E-state index contributed by atoms with van der Waals surface area (Å²) in [6.45, 7) is 3.96. The molecule has 0 spiro atoms. The van der Waals surface area contributed by atoms with Crippen LogP contribution in [-0.2, 0) is 4.74 Å². The van der Waals surface area contributed by atoms with Crippen LogP contribution in [0.3, 0.4) is 0 Å². The van der Waals surface area contributed by atoms with Gasteiger partial charge in [0.1, 0.15) is 0 Å². The third-order valence-electron chi connectivity index (χ3n) is 3.00. The molecule has 1 atom stereocenters. The summed E-state index contributed by atoms with van der Waals surface area (Å²) in [6.07, 6.45) is 0.916. The summed E-state index contributed by atoms with van der Waals surface area (Å²) < 4.78 is 5.51. The molecule has 0 aromatic heterocycles. The minimum absolute atomic E-state index is 0.0641. The first-order valence-electron chi connectivity index (χ1n) is 6.37. The lowest BCUT2D eigenvalue weighted by Gasteiger charge is -2.22. The highest BCUT2D eigenvalue weighted by atomic mass is 16.5. The summed E-state index contributed by atoms with van der Waals surface area (Å²) in [5.41, 5.74) is 1.27. The number of benzene rings is 1. The molecule has 1 aliphatic rings.